The van der Waals surface area contributed by atoms with Gasteiger partial charge in [-0.3, -0.25) is 4.79 Å². The molecule has 0 aromatic carbocycles. The normalized spacial score (nSPS) is 37.7. The molecule has 0 aliphatic heterocycles. The van der Waals surface area contributed by atoms with Gasteiger partial charge in [0.05, 0.1) is 6.42 Å². The molecule has 0 amide bonds. The Morgan fingerprint density at radius 3 is 2.31 bits per heavy atom. The van der Waals surface area contributed by atoms with Crippen LogP contribution in [0.15, 0.2) is 0 Å². The Morgan fingerprint density at radius 2 is 2.00 bits per heavy atom. The summed E-state index contributed by atoms with van der Waals surface area (Å²) in [6.07, 6.45) is 2.52. The first-order valence-electron chi connectivity index (χ1n) is 5.01. The molecule has 0 radical (unpaired) electrons. The summed E-state index contributed by atoms with van der Waals surface area (Å²) >= 11 is 0. The lowest BCUT2D eigenvalue weighted by Crippen LogP contribution is -2.35. The topological polar surface area (TPSA) is 37.3 Å². The first-order chi connectivity index (χ1) is 5.79. The van der Waals surface area contributed by atoms with Gasteiger partial charge in [0.15, 0.2) is 0 Å². The van der Waals surface area contributed by atoms with Crippen molar-refractivity contribution in [3.8, 4) is 0 Å². The van der Waals surface area contributed by atoms with E-state index >= 15 is 0 Å². The molecule has 0 aromatic rings. The minimum Gasteiger partial charge on any atom is -0.481 e. The van der Waals surface area contributed by atoms with Crippen LogP contribution >= 0.6 is 0 Å². The van der Waals surface area contributed by atoms with Crippen molar-refractivity contribution < 1.29 is 9.90 Å². The number of carbonyl (C=O) groups is 1. The summed E-state index contributed by atoms with van der Waals surface area (Å²) in [4.78, 5) is 10.8. The van der Waals surface area contributed by atoms with Crippen molar-refractivity contribution in [2.45, 2.75) is 47.0 Å². The van der Waals surface area contributed by atoms with E-state index in [0.717, 1.165) is 12.8 Å². The predicted molar refractivity (Wildman–Crippen MR) is 52.5 cm³/mol. The summed E-state index contributed by atoms with van der Waals surface area (Å²) in [7, 11) is 0. The smallest absolute Gasteiger partial charge is 0.303 e. The highest BCUT2D eigenvalue weighted by molar-refractivity contribution is 5.67. The van der Waals surface area contributed by atoms with E-state index in [2.05, 4.69) is 27.7 Å². The molecule has 1 saturated carbocycles. The quantitative estimate of drug-likeness (QED) is 0.716. The average Bonchev–Trinajstić information content (AvgIpc) is 2.13. The maximum Gasteiger partial charge on any atom is 0.303 e. The Kier molecular flexibility index (Phi) is 2.44. The Balaban J connectivity index is 2.85. The standard InChI is InChI=1S/C11H20O2/c1-8-5-6-11(4,7-9(12)13)10(8,2)3/h8H,5-7H2,1-4H3,(H,12,13)/t8-,11-/m0/s1. The van der Waals surface area contributed by atoms with E-state index in [-0.39, 0.29) is 10.8 Å². The molecular formula is C11H20O2. The van der Waals surface area contributed by atoms with E-state index in [0.29, 0.717) is 12.3 Å². The van der Waals surface area contributed by atoms with Gasteiger partial charge in [-0.1, -0.05) is 27.7 Å². The zero-order valence-corrected chi connectivity index (χ0v) is 9.05. The lowest BCUT2D eigenvalue weighted by atomic mass is 9.64. The van der Waals surface area contributed by atoms with Crippen molar-refractivity contribution in [3.63, 3.8) is 0 Å². The largest absolute Gasteiger partial charge is 0.481 e. The van der Waals surface area contributed by atoms with Gasteiger partial charge in [-0.15, -0.1) is 0 Å². The molecule has 0 unspecified atom stereocenters. The van der Waals surface area contributed by atoms with Crippen LogP contribution in [0.4, 0.5) is 0 Å². The Morgan fingerprint density at radius 1 is 1.46 bits per heavy atom. The van der Waals surface area contributed by atoms with Gasteiger partial charge < -0.3 is 5.11 Å². The van der Waals surface area contributed by atoms with Crippen molar-refractivity contribution in [1.29, 1.82) is 0 Å². The van der Waals surface area contributed by atoms with E-state index in [9.17, 15) is 4.79 Å². The van der Waals surface area contributed by atoms with Crippen LogP contribution in [0.5, 0.6) is 0 Å². The van der Waals surface area contributed by atoms with E-state index in [1.54, 1.807) is 0 Å². The van der Waals surface area contributed by atoms with Gasteiger partial charge in [-0.25, -0.2) is 0 Å². The first kappa shape index (κ1) is 10.6. The van der Waals surface area contributed by atoms with Gasteiger partial charge in [-0.2, -0.15) is 0 Å². The first-order valence-corrected chi connectivity index (χ1v) is 5.01. The van der Waals surface area contributed by atoms with Gasteiger partial charge in [-0.05, 0) is 29.6 Å². The second-order valence-electron chi connectivity index (χ2n) is 5.29. The summed E-state index contributed by atoms with van der Waals surface area (Å²) < 4.78 is 0. The third kappa shape index (κ3) is 1.59. The Bertz CT molecular complexity index is 220. The molecule has 2 heteroatoms. The van der Waals surface area contributed by atoms with Gasteiger partial charge in [0.1, 0.15) is 0 Å². The molecule has 13 heavy (non-hydrogen) atoms. The van der Waals surface area contributed by atoms with E-state index in [1.807, 2.05) is 0 Å². The SMILES string of the molecule is C[C@H]1CC[C@@](C)(CC(=O)O)C1(C)C. The van der Waals surface area contributed by atoms with Gasteiger partial charge in [0, 0.05) is 0 Å². The number of hydrogen-bond acceptors (Lipinski definition) is 1. The number of rotatable bonds is 2. The summed E-state index contributed by atoms with van der Waals surface area (Å²) in [6, 6.07) is 0. The third-order valence-corrected chi connectivity index (χ3v) is 4.46. The highest BCUT2D eigenvalue weighted by Gasteiger charge is 2.50. The predicted octanol–water partition coefficient (Wildman–Crippen LogP) is 2.92. The van der Waals surface area contributed by atoms with Crippen LogP contribution < -0.4 is 0 Å². The van der Waals surface area contributed by atoms with Crippen molar-refractivity contribution in [3.05, 3.63) is 0 Å². The Labute approximate surface area is 80.3 Å². The van der Waals surface area contributed by atoms with Crippen LogP contribution in [0.1, 0.15) is 47.0 Å². The van der Waals surface area contributed by atoms with E-state index in [4.69, 9.17) is 5.11 Å². The van der Waals surface area contributed by atoms with Crippen molar-refractivity contribution in [1.82, 2.24) is 0 Å². The summed E-state index contributed by atoms with van der Waals surface area (Å²) in [5, 5.41) is 8.86. The van der Waals surface area contributed by atoms with E-state index < -0.39 is 5.97 Å². The lowest BCUT2D eigenvalue weighted by molar-refractivity contribution is -0.141. The number of hydrogen-bond donors (Lipinski definition) is 1. The molecule has 1 rings (SSSR count). The van der Waals surface area contributed by atoms with E-state index in [1.165, 1.54) is 0 Å². The molecule has 0 aromatic heterocycles. The van der Waals surface area contributed by atoms with Crippen molar-refractivity contribution >= 4 is 5.97 Å². The molecule has 1 aliphatic rings. The van der Waals surface area contributed by atoms with Crippen molar-refractivity contribution in [2.75, 3.05) is 0 Å². The minimum absolute atomic E-state index is 0.0156. The molecule has 2 nitrogen and oxygen atoms in total. The molecule has 76 valence electrons. The fourth-order valence-corrected chi connectivity index (χ4v) is 2.46. The fourth-order valence-electron chi connectivity index (χ4n) is 2.46. The molecule has 0 bridgehead atoms. The van der Waals surface area contributed by atoms with Crippen molar-refractivity contribution in [2.24, 2.45) is 16.7 Å². The maximum atomic E-state index is 10.8. The average molecular weight is 184 g/mol. The summed E-state index contributed by atoms with van der Waals surface area (Å²) in [5.74, 6) is -0.0264. The monoisotopic (exact) mass is 184 g/mol. The molecule has 0 heterocycles. The van der Waals surface area contributed by atoms with Crippen LogP contribution in [-0.4, -0.2) is 11.1 Å². The van der Waals surface area contributed by atoms with Gasteiger partial charge in [0.2, 0.25) is 0 Å². The molecule has 1 fully saturated rings. The van der Waals surface area contributed by atoms with Crippen LogP contribution in [0.25, 0.3) is 0 Å². The number of carboxylic acid groups (broad SMARTS) is 1. The lowest BCUT2D eigenvalue weighted by Gasteiger charge is -2.40. The fraction of sp³-hybridized carbons (Fsp3) is 0.909. The number of aliphatic carboxylic acids is 1. The minimum atomic E-state index is -0.662. The zero-order valence-electron chi connectivity index (χ0n) is 9.05. The molecule has 0 saturated heterocycles. The Hall–Kier alpha value is -0.530. The highest BCUT2D eigenvalue weighted by atomic mass is 16.4. The second-order valence-corrected chi connectivity index (χ2v) is 5.29. The van der Waals surface area contributed by atoms with Gasteiger partial charge >= 0.3 is 5.97 Å². The van der Waals surface area contributed by atoms with Crippen LogP contribution in [0.2, 0.25) is 0 Å². The third-order valence-electron chi connectivity index (χ3n) is 4.46. The number of carboxylic acids is 1. The molecule has 0 spiro atoms. The highest BCUT2D eigenvalue weighted by Crippen LogP contribution is 2.57. The molecule has 1 N–H and O–H groups in total. The summed E-state index contributed by atoms with van der Waals surface area (Å²) in [5.41, 5.74) is 0.143. The van der Waals surface area contributed by atoms with Crippen LogP contribution in [-0.2, 0) is 4.79 Å². The molecule has 1 aliphatic carbocycles. The van der Waals surface area contributed by atoms with Gasteiger partial charge in [0.25, 0.3) is 0 Å². The second kappa shape index (κ2) is 3.00. The zero-order chi connectivity index (χ0) is 10.3. The molecular weight excluding hydrogens is 164 g/mol. The maximum absolute atomic E-state index is 10.8. The van der Waals surface area contributed by atoms with Crippen LogP contribution in [0, 0.1) is 16.7 Å². The molecule has 2 atom stereocenters. The van der Waals surface area contributed by atoms with Crippen LogP contribution in [0.3, 0.4) is 0 Å². The summed E-state index contributed by atoms with van der Waals surface area (Å²) in [6.45, 7) is 8.75.